The number of carbonyl (C=O) groups excluding carboxylic acids is 1. The third-order valence-corrected chi connectivity index (χ3v) is 2.70. The summed E-state index contributed by atoms with van der Waals surface area (Å²) < 4.78 is 4.94. The molecule has 7 heteroatoms. The smallest absolute Gasteiger partial charge is 0.301 e. The van der Waals surface area contributed by atoms with Crippen LogP contribution in [0, 0.1) is 10.1 Å². The van der Waals surface area contributed by atoms with E-state index in [0.29, 0.717) is 19.4 Å². The molecule has 2 rings (SSSR count). The predicted molar refractivity (Wildman–Crippen MR) is 57.8 cm³/mol. The molecule has 0 saturated carbocycles. The van der Waals surface area contributed by atoms with E-state index in [-0.39, 0.29) is 23.1 Å². The third kappa shape index (κ3) is 2.82. The molecule has 7 nitrogen and oxygen atoms in total. The van der Waals surface area contributed by atoms with Crippen LogP contribution in [0.3, 0.4) is 0 Å². The monoisotopic (exact) mass is 239 g/mol. The minimum Gasteiger partial charge on any atom is -0.459 e. The van der Waals surface area contributed by atoms with E-state index in [1.54, 1.807) is 17.1 Å². The van der Waals surface area contributed by atoms with Crippen LogP contribution in [0.25, 0.3) is 0 Å². The quantitative estimate of drug-likeness (QED) is 0.618. The number of nitrogens with one attached hydrogen (secondary N) is 1. The minimum atomic E-state index is -0.611. The van der Waals surface area contributed by atoms with Crippen LogP contribution >= 0.6 is 0 Å². The average molecular weight is 239 g/mol. The number of hydrazine groups is 1. The Bertz CT molecular complexity index is 404. The van der Waals surface area contributed by atoms with Crippen molar-refractivity contribution in [2.45, 2.75) is 18.9 Å². The lowest BCUT2D eigenvalue weighted by Gasteiger charge is -2.28. The lowest BCUT2D eigenvalue weighted by Crippen LogP contribution is -2.51. The summed E-state index contributed by atoms with van der Waals surface area (Å²) in [7, 11) is 0. The molecule has 0 radical (unpaired) electrons. The van der Waals surface area contributed by atoms with Crippen molar-refractivity contribution in [2.75, 3.05) is 13.1 Å². The number of carbonyl (C=O) groups is 1. The van der Waals surface area contributed by atoms with Crippen LogP contribution in [-0.2, 0) is 0 Å². The topological polar surface area (TPSA) is 88.6 Å². The maximum atomic E-state index is 11.6. The second kappa shape index (κ2) is 4.96. The van der Waals surface area contributed by atoms with Crippen molar-refractivity contribution >= 4 is 5.91 Å². The lowest BCUT2D eigenvalue weighted by molar-refractivity contribution is -0.526. The van der Waals surface area contributed by atoms with Crippen molar-refractivity contribution in [1.82, 2.24) is 10.4 Å². The number of furan rings is 1. The van der Waals surface area contributed by atoms with Gasteiger partial charge in [-0.25, -0.2) is 5.01 Å². The molecule has 1 aliphatic rings. The summed E-state index contributed by atoms with van der Waals surface area (Å²) in [5.41, 5.74) is 2.60. The molecule has 2 heterocycles. The summed E-state index contributed by atoms with van der Waals surface area (Å²) in [5, 5.41) is 12.2. The van der Waals surface area contributed by atoms with Gasteiger partial charge in [0.1, 0.15) is 0 Å². The number of hydrogen-bond donors (Lipinski definition) is 1. The molecule has 1 amide bonds. The first-order valence-electron chi connectivity index (χ1n) is 5.40. The molecule has 1 aromatic heterocycles. The maximum absolute atomic E-state index is 11.6. The van der Waals surface area contributed by atoms with E-state index in [1.165, 1.54) is 6.26 Å². The van der Waals surface area contributed by atoms with Gasteiger partial charge in [-0.1, -0.05) is 0 Å². The average Bonchev–Trinajstić information content (AvgIpc) is 2.82. The summed E-state index contributed by atoms with van der Waals surface area (Å²) in [5.74, 6) is -0.174. The molecule has 0 bridgehead atoms. The lowest BCUT2D eigenvalue weighted by atomic mass is 10.1. The molecule has 1 aromatic rings. The fourth-order valence-electron chi connectivity index (χ4n) is 1.83. The molecule has 1 unspecified atom stereocenters. The Morgan fingerprint density at radius 2 is 2.47 bits per heavy atom. The van der Waals surface area contributed by atoms with Crippen LogP contribution in [-0.4, -0.2) is 35.0 Å². The zero-order chi connectivity index (χ0) is 12.3. The van der Waals surface area contributed by atoms with Gasteiger partial charge < -0.3 is 4.42 Å². The molecule has 1 atom stereocenters. The summed E-state index contributed by atoms with van der Waals surface area (Å²) in [6.07, 6.45) is 2.66. The number of amides is 1. The Morgan fingerprint density at radius 1 is 1.65 bits per heavy atom. The second-order valence-corrected chi connectivity index (χ2v) is 3.95. The normalized spacial score (nSPS) is 21.1. The molecule has 0 spiro atoms. The first-order chi connectivity index (χ1) is 8.16. The zero-order valence-corrected chi connectivity index (χ0v) is 9.17. The predicted octanol–water partition coefficient (Wildman–Crippen LogP) is 0.665. The Balaban J connectivity index is 1.91. The van der Waals surface area contributed by atoms with Gasteiger partial charge in [0.25, 0.3) is 0 Å². The summed E-state index contributed by atoms with van der Waals surface area (Å²) in [6, 6.07) is 2.55. The summed E-state index contributed by atoms with van der Waals surface area (Å²) in [6.45, 7) is 0.857. The van der Waals surface area contributed by atoms with Crippen LogP contribution in [0.5, 0.6) is 0 Å². The molecule has 1 saturated heterocycles. The van der Waals surface area contributed by atoms with E-state index in [9.17, 15) is 14.9 Å². The van der Waals surface area contributed by atoms with Crippen molar-refractivity contribution in [2.24, 2.45) is 0 Å². The second-order valence-electron chi connectivity index (χ2n) is 3.95. The Morgan fingerprint density at radius 3 is 3.12 bits per heavy atom. The third-order valence-electron chi connectivity index (χ3n) is 2.70. The van der Waals surface area contributed by atoms with Gasteiger partial charge in [-0.05, 0) is 18.6 Å². The van der Waals surface area contributed by atoms with Crippen LogP contribution in [0.1, 0.15) is 23.4 Å². The summed E-state index contributed by atoms with van der Waals surface area (Å²) in [4.78, 5) is 22.0. The van der Waals surface area contributed by atoms with Gasteiger partial charge in [0, 0.05) is 17.9 Å². The number of nitro groups is 1. The molecular formula is C10H13N3O4. The SMILES string of the molecule is O=C(NN1CCCC([N+](=O)[O-])C1)c1ccco1. The fraction of sp³-hybridized carbons (Fsp3) is 0.500. The fourth-order valence-corrected chi connectivity index (χ4v) is 1.83. The van der Waals surface area contributed by atoms with Crippen LogP contribution in [0.4, 0.5) is 0 Å². The Labute approximate surface area is 97.5 Å². The van der Waals surface area contributed by atoms with Crippen molar-refractivity contribution in [3.8, 4) is 0 Å². The highest BCUT2D eigenvalue weighted by Crippen LogP contribution is 2.11. The van der Waals surface area contributed by atoms with Gasteiger partial charge in [-0.15, -0.1) is 0 Å². The summed E-state index contributed by atoms with van der Waals surface area (Å²) >= 11 is 0. The van der Waals surface area contributed by atoms with E-state index in [2.05, 4.69) is 5.43 Å². The molecule has 92 valence electrons. The Kier molecular flexibility index (Phi) is 3.38. The molecular weight excluding hydrogens is 226 g/mol. The van der Waals surface area contributed by atoms with Crippen LogP contribution < -0.4 is 5.43 Å². The maximum Gasteiger partial charge on any atom is 0.301 e. The first-order valence-corrected chi connectivity index (χ1v) is 5.40. The number of piperidine rings is 1. The molecule has 0 aliphatic carbocycles. The molecule has 0 aromatic carbocycles. The van der Waals surface area contributed by atoms with Gasteiger partial charge in [-0.2, -0.15) is 0 Å². The van der Waals surface area contributed by atoms with Crippen molar-refractivity contribution in [1.29, 1.82) is 0 Å². The molecule has 17 heavy (non-hydrogen) atoms. The van der Waals surface area contributed by atoms with Gasteiger partial charge >= 0.3 is 5.91 Å². The van der Waals surface area contributed by atoms with E-state index in [4.69, 9.17) is 4.42 Å². The highest BCUT2D eigenvalue weighted by Gasteiger charge is 2.29. The standard InChI is InChI=1S/C10H13N3O4/c14-10(9-4-2-6-17-9)11-12-5-1-3-8(7-12)13(15)16/h2,4,6,8H,1,3,5,7H2,(H,11,14). The van der Waals surface area contributed by atoms with E-state index >= 15 is 0 Å². The number of hydrogen-bond acceptors (Lipinski definition) is 5. The van der Waals surface area contributed by atoms with Gasteiger partial charge in [0.2, 0.25) is 6.04 Å². The van der Waals surface area contributed by atoms with Gasteiger partial charge in [0.15, 0.2) is 5.76 Å². The molecule has 1 N–H and O–H groups in total. The molecule has 1 aliphatic heterocycles. The van der Waals surface area contributed by atoms with Crippen LogP contribution in [0.15, 0.2) is 22.8 Å². The number of rotatable bonds is 3. The van der Waals surface area contributed by atoms with Crippen molar-refractivity contribution in [3.05, 3.63) is 34.3 Å². The Hall–Kier alpha value is -1.89. The number of nitrogens with zero attached hydrogens (tertiary/aromatic N) is 2. The largest absolute Gasteiger partial charge is 0.459 e. The highest BCUT2D eigenvalue weighted by atomic mass is 16.6. The van der Waals surface area contributed by atoms with E-state index < -0.39 is 6.04 Å². The van der Waals surface area contributed by atoms with Gasteiger partial charge in [-0.3, -0.25) is 20.3 Å². The van der Waals surface area contributed by atoms with Crippen molar-refractivity contribution < 1.29 is 14.1 Å². The van der Waals surface area contributed by atoms with Gasteiger partial charge in [0.05, 0.1) is 12.8 Å². The highest BCUT2D eigenvalue weighted by molar-refractivity contribution is 5.90. The van der Waals surface area contributed by atoms with Crippen LogP contribution in [0.2, 0.25) is 0 Å². The first kappa shape index (κ1) is 11.6. The zero-order valence-electron chi connectivity index (χ0n) is 9.17. The van der Waals surface area contributed by atoms with E-state index in [1.807, 2.05) is 0 Å². The van der Waals surface area contributed by atoms with E-state index in [0.717, 1.165) is 0 Å². The van der Waals surface area contributed by atoms with Crippen molar-refractivity contribution in [3.63, 3.8) is 0 Å². The minimum absolute atomic E-state index is 0.202. The molecule has 1 fully saturated rings.